The molecule has 3 aromatic rings. The first-order chi connectivity index (χ1) is 14.9. The van der Waals surface area contributed by atoms with Crippen LogP contribution in [0.2, 0.25) is 0 Å². The van der Waals surface area contributed by atoms with Crippen LogP contribution in [0.3, 0.4) is 0 Å². The van der Waals surface area contributed by atoms with E-state index >= 15 is 0 Å². The molecule has 0 spiro atoms. The average molecular weight is 421 g/mol. The first-order valence-electron chi connectivity index (χ1n) is 9.66. The molecule has 1 aromatic heterocycles. The number of nitrogens with zero attached hydrogens (tertiary/aromatic N) is 4. The van der Waals surface area contributed by atoms with Gasteiger partial charge in [0.25, 0.3) is 5.91 Å². The number of benzene rings is 2. The summed E-state index contributed by atoms with van der Waals surface area (Å²) in [5, 5.41) is 19.2. The minimum atomic E-state index is -0.752. The van der Waals surface area contributed by atoms with Crippen molar-refractivity contribution >= 4 is 17.8 Å². The highest BCUT2D eigenvalue weighted by Crippen LogP contribution is 2.24. The molecule has 1 unspecified atom stereocenters. The summed E-state index contributed by atoms with van der Waals surface area (Å²) in [5.74, 6) is 0.296. The molecule has 1 heterocycles. The van der Waals surface area contributed by atoms with E-state index in [0.29, 0.717) is 12.3 Å². The molecule has 0 aliphatic carbocycles. The number of hydrazone groups is 1. The third kappa shape index (κ3) is 5.33. The number of nitrogens with one attached hydrogen (secondary N) is 1. The third-order valence-electron chi connectivity index (χ3n) is 4.73. The maximum atomic E-state index is 12.4. The van der Waals surface area contributed by atoms with Gasteiger partial charge in [0.1, 0.15) is 29.8 Å². The Morgan fingerprint density at radius 1 is 1.23 bits per heavy atom. The molecule has 9 nitrogen and oxygen atoms in total. The maximum Gasteiger partial charge on any atom is 0.312 e. The lowest BCUT2D eigenvalue weighted by molar-refractivity contribution is -0.386. The Kier molecular flexibility index (Phi) is 6.76. The number of hydrogen-bond donors (Lipinski definition) is 1. The second kappa shape index (κ2) is 9.66. The molecule has 160 valence electrons. The largest absolute Gasteiger partial charge is 0.489 e. The van der Waals surface area contributed by atoms with E-state index in [1.54, 1.807) is 13.8 Å². The Hall–Kier alpha value is -4.01. The quantitative estimate of drug-likeness (QED) is 0.339. The summed E-state index contributed by atoms with van der Waals surface area (Å²) in [6.45, 7) is 5.18. The summed E-state index contributed by atoms with van der Waals surface area (Å²) in [5.41, 5.74) is 4.80. The first-order valence-corrected chi connectivity index (χ1v) is 9.66. The highest BCUT2D eigenvalue weighted by molar-refractivity contribution is 5.84. The van der Waals surface area contributed by atoms with E-state index in [1.165, 1.54) is 17.8 Å². The van der Waals surface area contributed by atoms with Crippen LogP contribution in [0, 0.1) is 24.0 Å². The van der Waals surface area contributed by atoms with Gasteiger partial charge in [-0.3, -0.25) is 19.6 Å². The highest BCUT2D eigenvalue weighted by Gasteiger charge is 2.26. The molecule has 1 N–H and O–H groups in total. The van der Waals surface area contributed by atoms with Crippen molar-refractivity contribution in [2.24, 2.45) is 5.10 Å². The van der Waals surface area contributed by atoms with Crippen molar-refractivity contribution < 1.29 is 14.5 Å². The fourth-order valence-electron chi connectivity index (χ4n) is 3.06. The molecule has 31 heavy (non-hydrogen) atoms. The molecular weight excluding hydrogens is 398 g/mol. The van der Waals surface area contributed by atoms with E-state index in [-0.39, 0.29) is 11.4 Å². The standard InChI is InChI=1S/C22H23N5O4/c1-15-21(27(29)30)16(2)26(25-15)17(3)22(28)24-23-13-18-9-11-20(12-10-18)31-14-19-7-5-4-6-8-19/h4-13,17H,14H2,1-3H3,(H,24,28)/b23-13+. The van der Waals surface area contributed by atoms with Crippen LogP contribution in [0.15, 0.2) is 59.7 Å². The number of carbonyl (C=O) groups excluding carboxylic acids is 1. The molecule has 1 atom stereocenters. The van der Waals surface area contributed by atoms with Crippen molar-refractivity contribution in [3.8, 4) is 5.75 Å². The second-order valence-corrected chi connectivity index (χ2v) is 6.97. The van der Waals surface area contributed by atoms with Crippen molar-refractivity contribution in [2.45, 2.75) is 33.4 Å². The van der Waals surface area contributed by atoms with Gasteiger partial charge in [-0.05, 0) is 56.2 Å². The Morgan fingerprint density at radius 3 is 2.52 bits per heavy atom. The van der Waals surface area contributed by atoms with E-state index in [0.717, 1.165) is 16.9 Å². The van der Waals surface area contributed by atoms with Gasteiger partial charge in [0, 0.05) is 0 Å². The Bertz CT molecular complexity index is 1090. The third-order valence-corrected chi connectivity index (χ3v) is 4.73. The topological polar surface area (TPSA) is 112 Å². The minimum Gasteiger partial charge on any atom is -0.489 e. The number of ether oxygens (including phenoxy) is 1. The summed E-state index contributed by atoms with van der Waals surface area (Å²) < 4.78 is 7.07. The zero-order chi connectivity index (χ0) is 22.4. The number of rotatable bonds is 8. The van der Waals surface area contributed by atoms with Crippen LogP contribution in [-0.4, -0.2) is 26.8 Å². The number of amides is 1. The summed E-state index contributed by atoms with van der Waals surface area (Å²) >= 11 is 0. The van der Waals surface area contributed by atoms with Gasteiger partial charge in [-0.2, -0.15) is 10.2 Å². The van der Waals surface area contributed by atoms with E-state index in [1.807, 2.05) is 54.6 Å². The Morgan fingerprint density at radius 2 is 1.90 bits per heavy atom. The summed E-state index contributed by atoms with van der Waals surface area (Å²) in [7, 11) is 0. The van der Waals surface area contributed by atoms with Gasteiger partial charge in [0.05, 0.1) is 11.1 Å². The molecule has 0 saturated carbocycles. The van der Waals surface area contributed by atoms with Crippen molar-refractivity contribution in [3.63, 3.8) is 0 Å². The average Bonchev–Trinajstić information content (AvgIpc) is 3.07. The van der Waals surface area contributed by atoms with Crippen molar-refractivity contribution in [2.75, 3.05) is 0 Å². The molecule has 0 radical (unpaired) electrons. The number of carbonyl (C=O) groups is 1. The first kappa shape index (κ1) is 21.7. The zero-order valence-electron chi connectivity index (χ0n) is 17.5. The van der Waals surface area contributed by atoms with Crippen LogP contribution in [-0.2, 0) is 11.4 Å². The van der Waals surface area contributed by atoms with E-state index in [9.17, 15) is 14.9 Å². The number of aromatic nitrogens is 2. The monoisotopic (exact) mass is 421 g/mol. The minimum absolute atomic E-state index is 0.0854. The van der Waals surface area contributed by atoms with Crippen LogP contribution >= 0.6 is 0 Å². The number of nitro groups is 1. The van der Waals surface area contributed by atoms with Crippen LogP contribution in [0.1, 0.15) is 35.5 Å². The molecule has 2 aromatic carbocycles. The van der Waals surface area contributed by atoms with Gasteiger partial charge >= 0.3 is 5.69 Å². The van der Waals surface area contributed by atoms with E-state index in [2.05, 4.69) is 15.6 Å². The van der Waals surface area contributed by atoms with Crippen molar-refractivity contribution in [1.82, 2.24) is 15.2 Å². The van der Waals surface area contributed by atoms with Gasteiger partial charge < -0.3 is 4.74 Å². The Labute approximate surface area is 179 Å². The molecule has 0 aliphatic heterocycles. The smallest absolute Gasteiger partial charge is 0.312 e. The van der Waals surface area contributed by atoms with Crippen molar-refractivity contribution in [3.05, 3.63) is 87.2 Å². The van der Waals surface area contributed by atoms with Gasteiger partial charge in [-0.15, -0.1) is 0 Å². The lowest BCUT2D eigenvalue weighted by Gasteiger charge is -2.11. The summed E-state index contributed by atoms with van der Waals surface area (Å²) in [4.78, 5) is 23.0. The molecule has 0 saturated heterocycles. The summed E-state index contributed by atoms with van der Waals surface area (Å²) in [6, 6.07) is 16.4. The van der Waals surface area contributed by atoms with Gasteiger partial charge in [0.2, 0.25) is 0 Å². The molecule has 0 aliphatic rings. The molecule has 0 fully saturated rings. The lowest BCUT2D eigenvalue weighted by Crippen LogP contribution is -2.28. The van der Waals surface area contributed by atoms with Gasteiger partial charge in [-0.1, -0.05) is 30.3 Å². The second-order valence-electron chi connectivity index (χ2n) is 6.97. The van der Waals surface area contributed by atoms with Gasteiger partial charge in [-0.25, -0.2) is 5.43 Å². The molecule has 9 heteroatoms. The van der Waals surface area contributed by atoms with E-state index < -0.39 is 16.9 Å². The molecular formula is C22H23N5O4. The van der Waals surface area contributed by atoms with Crippen LogP contribution in [0.4, 0.5) is 5.69 Å². The fourth-order valence-corrected chi connectivity index (χ4v) is 3.06. The molecule has 3 rings (SSSR count). The van der Waals surface area contributed by atoms with Gasteiger partial charge in [0.15, 0.2) is 0 Å². The normalized spacial score (nSPS) is 12.0. The number of aryl methyl sites for hydroxylation is 1. The molecule has 0 bridgehead atoms. The zero-order valence-corrected chi connectivity index (χ0v) is 17.5. The lowest BCUT2D eigenvalue weighted by atomic mass is 10.2. The molecule has 1 amide bonds. The SMILES string of the molecule is Cc1nn(C(C)C(=O)N/N=C/c2ccc(OCc3ccccc3)cc2)c(C)c1[N+](=O)[O-]. The Balaban J connectivity index is 1.56. The fraction of sp³-hybridized carbons (Fsp3) is 0.227. The van der Waals surface area contributed by atoms with Crippen molar-refractivity contribution in [1.29, 1.82) is 0 Å². The van der Waals surface area contributed by atoms with E-state index in [4.69, 9.17) is 4.74 Å². The predicted molar refractivity (Wildman–Crippen MR) is 116 cm³/mol. The van der Waals surface area contributed by atoms with Crippen LogP contribution < -0.4 is 10.2 Å². The predicted octanol–water partition coefficient (Wildman–Crippen LogP) is 3.70. The number of hydrogen-bond acceptors (Lipinski definition) is 6. The van der Waals surface area contributed by atoms with Crippen LogP contribution in [0.5, 0.6) is 5.75 Å². The highest BCUT2D eigenvalue weighted by atomic mass is 16.6. The maximum absolute atomic E-state index is 12.4. The van der Waals surface area contributed by atoms with Crippen LogP contribution in [0.25, 0.3) is 0 Å². The summed E-state index contributed by atoms with van der Waals surface area (Å²) in [6.07, 6.45) is 1.51.